The van der Waals surface area contributed by atoms with Crippen molar-refractivity contribution in [3.63, 3.8) is 0 Å². The maximum Gasteiger partial charge on any atom is 0.251 e. The van der Waals surface area contributed by atoms with Gasteiger partial charge in [0, 0.05) is 24.0 Å². The van der Waals surface area contributed by atoms with Crippen LogP contribution in [-0.2, 0) is 13.1 Å². The molecule has 5 nitrogen and oxygen atoms in total. The molecule has 0 aliphatic carbocycles. The number of aliphatic imine (C=N–C) groups is 1. The minimum absolute atomic E-state index is 0.0774. The lowest BCUT2D eigenvalue weighted by Gasteiger charge is -2.11. The summed E-state index contributed by atoms with van der Waals surface area (Å²) >= 11 is 1.75. The minimum atomic E-state index is -0.0774. The number of thiophene rings is 1. The lowest BCUT2D eigenvalue weighted by molar-refractivity contribution is 0.0963. The zero-order valence-electron chi connectivity index (χ0n) is 14.3. The van der Waals surface area contributed by atoms with Gasteiger partial charge in [-0.15, -0.1) is 11.3 Å². The third kappa shape index (κ3) is 5.09. The van der Waals surface area contributed by atoms with Gasteiger partial charge in [-0.1, -0.05) is 12.1 Å². The Morgan fingerprint density at radius 3 is 2.50 bits per heavy atom. The van der Waals surface area contributed by atoms with E-state index in [-0.39, 0.29) is 5.91 Å². The molecule has 2 rings (SSSR count). The highest BCUT2D eigenvalue weighted by atomic mass is 32.1. The van der Waals surface area contributed by atoms with E-state index in [1.54, 1.807) is 18.4 Å². The second kappa shape index (κ2) is 9.08. The second-order valence-electron chi connectivity index (χ2n) is 5.35. The molecule has 0 unspecified atom stereocenters. The van der Waals surface area contributed by atoms with Crippen molar-refractivity contribution in [1.29, 1.82) is 0 Å². The molecule has 0 aliphatic rings. The molecule has 0 aliphatic heterocycles. The van der Waals surface area contributed by atoms with E-state index in [1.807, 2.05) is 31.2 Å². The molecule has 0 atom stereocenters. The molecular weight excluding hydrogens is 320 g/mol. The number of guanidine groups is 1. The molecule has 3 N–H and O–H groups in total. The molecule has 24 heavy (non-hydrogen) atoms. The third-order valence-corrected chi connectivity index (χ3v) is 4.61. The van der Waals surface area contributed by atoms with Gasteiger partial charge < -0.3 is 16.0 Å². The highest BCUT2D eigenvalue weighted by Crippen LogP contribution is 2.14. The SMILES string of the molecule is CCNC(=NCc1ccc(C(=O)NC)cc1)NCc1sccc1C. The van der Waals surface area contributed by atoms with Crippen molar-refractivity contribution >= 4 is 23.2 Å². The fraction of sp³-hybridized carbons (Fsp3) is 0.333. The molecule has 1 aromatic heterocycles. The van der Waals surface area contributed by atoms with Crippen LogP contribution < -0.4 is 16.0 Å². The van der Waals surface area contributed by atoms with Crippen LogP contribution in [0, 0.1) is 6.92 Å². The number of nitrogens with zero attached hydrogens (tertiary/aromatic N) is 1. The van der Waals surface area contributed by atoms with Gasteiger partial charge in [0.2, 0.25) is 0 Å². The van der Waals surface area contributed by atoms with E-state index in [9.17, 15) is 4.79 Å². The summed E-state index contributed by atoms with van der Waals surface area (Å²) in [6.07, 6.45) is 0. The Balaban J connectivity index is 1.97. The quantitative estimate of drug-likeness (QED) is 0.557. The number of rotatable bonds is 6. The Morgan fingerprint density at radius 2 is 1.92 bits per heavy atom. The highest BCUT2D eigenvalue weighted by molar-refractivity contribution is 7.10. The fourth-order valence-electron chi connectivity index (χ4n) is 2.17. The van der Waals surface area contributed by atoms with Crippen LogP contribution in [-0.4, -0.2) is 25.5 Å². The molecule has 0 radical (unpaired) electrons. The van der Waals surface area contributed by atoms with Crippen molar-refractivity contribution in [2.75, 3.05) is 13.6 Å². The number of hydrogen-bond donors (Lipinski definition) is 3. The first-order valence-corrected chi connectivity index (χ1v) is 8.88. The van der Waals surface area contributed by atoms with E-state index >= 15 is 0 Å². The van der Waals surface area contributed by atoms with Crippen molar-refractivity contribution in [2.45, 2.75) is 26.9 Å². The van der Waals surface area contributed by atoms with E-state index in [0.717, 1.165) is 24.6 Å². The summed E-state index contributed by atoms with van der Waals surface area (Å²) in [4.78, 5) is 17.5. The van der Waals surface area contributed by atoms with Crippen LogP contribution >= 0.6 is 11.3 Å². The van der Waals surface area contributed by atoms with Crippen molar-refractivity contribution < 1.29 is 4.79 Å². The molecule has 1 aromatic carbocycles. The van der Waals surface area contributed by atoms with Gasteiger partial charge in [-0.25, -0.2) is 4.99 Å². The second-order valence-corrected chi connectivity index (χ2v) is 6.35. The Hall–Kier alpha value is -2.34. The molecular formula is C18H24N4OS. The Bertz CT molecular complexity index is 691. The monoisotopic (exact) mass is 344 g/mol. The first kappa shape index (κ1) is 18.0. The van der Waals surface area contributed by atoms with Crippen LogP contribution in [0.4, 0.5) is 0 Å². The van der Waals surface area contributed by atoms with E-state index in [2.05, 4.69) is 39.3 Å². The number of hydrogen-bond acceptors (Lipinski definition) is 3. The predicted octanol–water partition coefficient (Wildman–Crippen LogP) is 2.67. The summed E-state index contributed by atoms with van der Waals surface area (Å²) in [5.41, 5.74) is 3.02. The van der Waals surface area contributed by atoms with E-state index in [1.165, 1.54) is 10.4 Å². The molecule has 0 saturated carbocycles. The third-order valence-electron chi connectivity index (χ3n) is 3.59. The van der Waals surface area contributed by atoms with Crippen LogP contribution in [0.2, 0.25) is 0 Å². The number of carbonyl (C=O) groups excluding carboxylic acids is 1. The lowest BCUT2D eigenvalue weighted by atomic mass is 10.1. The highest BCUT2D eigenvalue weighted by Gasteiger charge is 2.04. The summed E-state index contributed by atoms with van der Waals surface area (Å²) in [7, 11) is 1.63. The predicted molar refractivity (Wildman–Crippen MR) is 101 cm³/mol. The molecule has 0 fully saturated rings. The number of nitrogens with one attached hydrogen (secondary N) is 3. The van der Waals surface area contributed by atoms with Gasteiger partial charge >= 0.3 is 0 Å². The molecule has 0 bridgehead atoms. The van der Waals surface area contributed by atoms with Crippen LogP contribution in [0.3, 0.4) is 0 Å². The van der Waals surface area contributed by atoms with E-state index in [0.29, 0.717) is 12.1 Å². The van der Waals surface area contributed by atoms with Gasteiger partial charge in [0.05, 0.1) is 13.1 Å². The molecule has 128 valence electrons. The molecule has 0 spiro atoms. The van der Waals surface area contributed by atoms with Crippen molar-refractivity contribution in [3.8, 4) is 0 Å². The molecule has 6 heteroatoms. The number of amides is 1. The number of carbonyl (C=O) groups is 1. The zero-order valence-corrected chi connectivity index (χ0v) is 15.2. The molecule has 2 aromatic rings. The fourth-order valence-corrected chi connectivity index (χ4v) is 3.01. The maximum atomic E-state index is 11.5. The largest absolute Gasteiger partial charge is 0.357 e. The maximum absolute atomic E-state index is 11.5. The standard InChI is InChI=1S/C18H24N4OS/c1-4-20-18(22-12-16-13(2)9-10-24-16)21-11-14-5-7-15(8-6-14)17(23)19-3/h5-10H,4,11-12H2,1-3H3,(H,19,23)(H2,20,21,22). The van der Waals surface area contributed by atoms with Crippen molar-refractivity contribution in [3.05, 3.63) is 57.3 Å². The topological polar surface area (TPSA) is 65.5 Å². The summed E-state index contributed by atoms with van der Waals surface area (Å²) in [6.45, 7) is 6.31. The van der Waals surface area contributed by atoms with Crippen molar-refractivity contribution in [2.24, 2.45) is 4.99 Å². The van der Waals surface area contributed by atoms with Gasteiger partial charge in [-0.3, -0.25) is 4.79 Å². The Morgan fingerprint density at radius 1 is 1.17 bits per heavy atom. The summed E-state index contributed by atoms with van der Waals surface area (Å²) in [5, 5.41) is 11.3. The number of aryl methyl sites for hydroxylation is 1. The van der Waals surface area contributed by atoms with Crippen LogP contribution in [0.25, 0.3) is 0 Å². The van der Waals surface area contributed by atoms with Gasteiger partial charge in [-0.05, 0) is 48.6 Å². The summed E-state index contributed by atoms with van der Waals surface area (Å²) in [5.74, 6) is 0.715. The molecule has 1 heterocycles. The number of benzene rings is 1. The Kier molecular flexibility index (Phi) is 6.81. The van der Waals surface area contributed by atoms with E-state index < -0.39 is 0 Å². The zero-order chi connectivity index (χ0) is 17.4. The average Bonchev–Trinajstić information content (AvgIpc) is 3.02. The van der Waals surface area contributed by atoms with Crippen LogP contribution in [0.5, 0.6) is 0 Å². The lowest BCUT2D eigenvalue weighted by Crippen LogP contribution is -2.36. The first-order chi connectivity index (χ1) is 11.6. The minimum Gasteiger partial charge on any atom is -0.357 e. The first-order valence-electron chi connectivity index (χ1n) is 8.00. The van der Waals surface area contributed by atoms with Gasteiger partial charge in [-0.2, -0.15) is 0 Å². The average molecular weight is 344 g/mol. The molecule has 0 saturated heterocycles. The van der Waals surface area contributed by atoms with Crippen LogP contribution in [0.1, 0.15) is 33.3 Å². The van der Waals surface area contributed by atoms with E-state index in [4.69, 9.17) is 0 Å². The van der Waals surface area contributed by atoms with Crippen LogP contribution in [0.15, 0.2) is 40.7 Å². The Labute approximate surface area is 147 Å². The summed E-state index contributed by atoms with van der Waals surface area (Å²) in [6, 6.07) is 9.62. The normalized spacial score (nSPS) is 11.2. The van der Waals surface area contributed by atoms with Gasteiger partial charge in [0.1, 0.15) is 0 Å². The smallest absolute Gasteiger partial charge is 0.251 e. The molecule has 1 amide bonds. The van der Waals surface area contributed by atoms with Gasteiger partial charge in [0.15, 0.2) is 5.96 Å². The van der Waals surface area contributed by atoms with Crippen molar-refractivity contribution in [1.82, 2.24) is 16.0 Å². The summed E-state index contributed by atoms with van der Waals surface area (Å²) < 4.78 is 0. The van der Waals surface area contributed by atoms with Gasteiger partial charge in [0.25, 0.3) is 5.91 Å².